The van der Waals surface area contributed by atoms with Gasteiger partial charge in [-0.2, -0.15) is 5.10 Å². The SMILES string of the molecule is Cc1cc(CN2CCN(C[C@H](O)Cn3cccn3)CC2)on1. The predicted molar refractivity (Wildman–Crippen MR) is 81.2 cm³/mol. The summed E-state index contributed by atoms with van der Waals surface area (Å²) in [6.45, 7) is 7.87. The van der Waals surface area contributed by atoms with Crippen LogP contribution < -0.4 is 0 Å². The van der Waals surface area contributed by atoms with Crippen molar-refractivity contribution in [3.63, 3.8) is 0 Å². The zero-order chi connectivity index (χ0) is 15.4. The Kier molecular flexibility index (Phi) is 4.87. The fraction of sp³-hybridized carbons (Fsp3) is 0.600. The average molecular weight is 305 g/mol. The van der Waals surface area contributed by atoms with Gasteiger partial charge in [0.2, 0.25) is 0 Å². The van der Waals surface area contributed by atoms with Crippen LogP contribution in [0.4, 0.5) is 0 Å². The molecule has 0 unspecified atom stereocenters. The molecule has 1 fully saturated rings. The van der Waals surface area contributed by atoms with Crippen LogP contribution in [0.3, 0.4) is 0 Å². The van der Waals surface area contributed by atoms with Crippen molar-refractivity contribution in [1.82, 2.24) is 24.7 Å². The van der Waals surface area contributed by atoms with Gasteiger partial charge >= 0.3 is 0 Å². The molecule has 3 heterocycles. The Balaban J connectivity index is 1.39. The van der Waals surface area contributed by atoms with E-state index in [0.29, 0.717) is 13.1 Å². The highest BCUT2D eigenvalue weighted by Gasteiger charge is 2.20. The van der Waals surface area contributed by atoms with E-state index in [9.17, 15) is 5.11 Å². The van der Waals surface area contributed by atoms with E-state index in [-0.39, 0.29) is 6.10 Å². The Morgan fingerprint density at radius 2 is 2.00 bits per heavy atom. The second kappa shape index (κ2) is 7.04. The first kappa shape index (κ1) is 15.2. The van der Waals surface area contributed by atoms with E-state index >= 15 is 0 Å². The zero-order valence-corrected chi connectivity index (χ0v) is 12.9. The molecule has 2 aromatic rings. The number of aryl methyl sites for hydroxylation is 1. The Hall–Kier alpha value is -1.70. The maximum Gasteiger partial charge on any atom is 0.150 e. The minimum Gasteiger partial charge on any atom is -0.390 e. The van der Waals surface area contributed by atoms with Gasteiger partial charge in [-0.1, -0.05) is 5.16 Å². The number of aromatic nitrogens is 3. The monoisotopic (exact) mass is 305 g/mol. The Bertz CT molecular complexity index is 560. The molecule has 0 amide bonds. The van der Waals surface area contributed by atoms with Crippen LogP contribution in [0, 0.1) is 6.92 Å². The molecule has 0 aliphatic carbocycles. The molecule has 1 N–H and O–H groups in total. The Morgan fingerprint density at radius 1 is 1.23 bits per heavy atom. The molecule has 120 valence electrons. The van der Waals surface area contributed by atoms with Crippen LogP contribution in [0.15, 0.2) is 29.0 Å². The summed E-state index contributed by atoms with van der Waals surface area (Å²) in [5.41, 5.74) is 0.926. The molecular weight excluding hydrogens is 282 g/mol. The molecule has 0 bridgehead atoms. The van der Waals surface area contributed by atoms with Crippen LogP contribution in [-0.2, 0) is 13.1 Å². The molecule has 1 atom stereocenters. The van der Waals surface area contributed by atoms with Gasteiger partial charge in [0.15, 0.2) is 5.76 Å². The normalized spacial score (nSPS) is 18.6. The van der Waals surface area contributed by atoms with Crippen molar-refractivity contribution in [2.75, 3.05) is 32.7 Å². The van der Waals surface area contributed by atoms with Gasteiger partial charge < -0.3 is 9.63 Å². The number of piperazine rings is 1. The third-order valence-corrected chi connectivity index (χ3v) is 3.95. The highest BCUT2D eigenvalue weighted by atomic mass is 16.5. The molecule has 3 rings (SSSR count). The fourth-order valence-corrected chi connectivity index (χ4v) is 2.82. The molecule has 0 radical (unpaired) electrons. The third-order valence-electron chi connectivity index (χ3n) is 3.95. The number of β-amino-alcohol motifs (C(OH)–C–C–N with tert-alkyl or cyclic N) is 1. The average Bonchev–Trinajstić information content (AvgIpc) is 3.13. The van der Waals surface area contributed by atoms with Crippen molar-refractivity contribution in [2.45, 2.75) is 26.1 Å². The Labute approximate surface area is 130 Å². The summed E-state index contributed by atoms with van der Waals surface area (Å²) >= 11 is 0. The molecule has 1 saturated heterocycles. The quantitative estimate of drug-likeness (QED) is 0.831. The molecule has 0 spiro atoms. The maximum absolute atomic E-state index is 10.1. The highest BCUT2D eigenvalue weighted by molar-refractivity contribution is 5.03. The smallest absolute Gasteiger partial charge is 0.150 e. The van der Waals surface area contributed by atoms with E-state index in [1.807, 2.05) is 25.3 Å². The third kappa shape index (κ3) is 4.16. The van der Waals surface area contributed by atoms with Gasteiger partial charge in [0.25, 0.3) is 0 Å². The first-order valence-electron chi connectivity index (χ1n) is 7.71. The van der Waals surface area contributed by atoms with E-state index in [2.05, 4.69) is 20.1 Å². The largest absolute Gasteiger partial charge is 0.390 e. The first-order valence-corrected chi connectivity index (χ1v) is 7.71. The van der Waals surface area contributed by atoms with Gasteiger partial charge in [0.05, 0.1) is 24.9 Å². The van der Waals surface area contributed by atoms with Gasteiger partial charge in [-0.3, -0.25) is 14.5 Å². The molecule has 1 aliphatic rings. The molecule has 0 aromatic carbocycles. The van der Waals surface area contributed by atoms with E-state index in [0.717, 1.165) is 44.2 Å². The van der Waals surface area contributed by atoms with Crippen molar-refractivity contribution >= 4 is 0 Å². The summed E-state index contributed by atoms with van der Waals surface area (Å²) in [4.78, 5) is 4.66. The lowest BCUT2D eigenvalue weighted by atomic mass is 10.2. The summed E-state index contributed by atoms with van der Waals surface area (Å²) in [5, 5.41) is 18.2. The highest BCUT2D eigenvalue weighted by Crippen LogP contribution is 2.10. The van der Waals surface area contributed by atoms with Crippen LogP contribution in [0.1, 0.15) is 11.5 Å². The number of hydrogen-bond donors (Lipinski definition) is 1. The van der Waals surface area contributed by atoms with Crippen molar-refractivity contribution in [1.29, 1.82) is 0 Å². The molecular formula is C15H23N5O2. The van der Waals surface area contributed by atoms with Gasteiger partial charge in [-0.15, -0.1) is 0 Å². The van der Waals surface area contributed by atoms with Crippen molar-refractivity contribution in [3.05, 3.63) is 36.0 Å². The van der Waals surface area contributed by atoms with E-state index in [1.54, 1.807) is 10.9 Å². The van der Waals surface area contributed by atoms with Gasteiger partial charge in [0.1, 0.15) is 0 Å². The number of nitrogens with zero attached hydrogens (tertiary/aromatic N) is 5. The lowest BCUT2D eigenvalue weighted by Crippen LogP contribution is -2.48. The van der Waals surface area contributed by atoms with Gasteiger partial charge in [-0.25, -0.2) is 0 Å². The zero-order valence-electron chi connectivity index (χ0n) is 12.9. The molecule has 7 heteroatoms. The number of aliphatic hydroxyl groups excluding tert-OH is 1. The van der Waals surface area contributed by atoms with Crippen LogP contribution in [0.5, 0.6) is 0 Å². The second-order valence-electron chi connectivity index (χ2n) is 5.89. The van der Waals surface area contributed by atoms with Crippen molar-refractivity contribution in [3.8, 4) is 0 Å². The second-order valence-corrected chi connectivity index (χ2v) is 5.89. The summed E-state index contributed by atoms with van der Waals surface area (Å²) in [5.74, 6) is 0.921. The minimum atomic E-state index is -0.386. The maximum atomic E-state index is 10.1. The molecule has 22 heavy (non-hydrogen) atoms. The lowest BCUT2D eigenvalue weighted by Gasteiger charge is -2.35. The number of rotatable bonds is 6. The summed E-state index contributed by atoms with van der Waals surface area (Å²) in [7, 11) is 0. The van der Waals surface area contributed by atoms with Crippen molar-refractivity contribution < 1.29 is 9.63 Å². The van der Waals surface area contributed by atoms with Crippen LogP contribution in [0.2, 0.25) is 0 Å². The van der Waals surface area contributed by atoms with Gasteiger partial charge in [0, 0.05) is 51.2 Å². The summed E-state index contributed by atoms with van der Waals surface area (Å²) < 4.78 is 7.03. The minimum absolute atomic E-state index is 0.386. The van der Waals surface area contributed by atoms with Crippen LogP contribution in [-0.4, -0.2) is 68.7 Å². The van der Waals surface area contributed by atoms with Crippen LogP contribution >= 0.6 is 0 Å². The topological polar surface area (TPSA) is 70.6 Å². The van der Waals surface area contributed by atoms with Gasteiger partial charge in [-0.05, 0) is 13.0 Å². The first-order chi connectivity index (χ1) is 10.7. The van der Waals surface area contributed by atoms with Crippen molar-refractivity contribution in [2.24, 2.45) is 0 Å². The number of aliphatic hydroxyl groups is 1. The molecule has 2 aromatic heterocycles. The fourth-order valence-electron chi connectivity index (χ4n) is 2.82. The number of hydrogen-bond acceptors (Lipinski definition) is 6. The van der Waals surface area contributed by atoms with E-state index in [1.165, 1.54) is 0 Å². The molecule has 0 saturated carbocycles. The summed E-state index contributed by atoms with van der Waals surface area (Å²) in [6, 6.07) is 3.86. The Morgan fingerprint density at radius 3 is 2.64 bits per heavy atom. The van der Waals surface area contributed by atoms with Crippen LogP contribution in [0.25, 0.3) is 0 Å². The predicted octanol–water partition coefficient (Wildman–Crippen LogP) is 0.358. The molecule has 1 aliphatic heterocycles. The van der Waals surface area contributed by atoms with E-state index in [4.69, 9.17) is 4.52 Å². The lowest BCUT2D eigenvalue weighted by molar-refractivity contribution is 0.0580. The molecule has 7 nitrogen and oxygen atoms in total. The summed E-state index contributed by atoms with van der Waals surface area (Å²) in [6.07, 6.45) is 3.22. The van der Waals surface area contributed by atoms with E-state index < -0.39 is 0 Å². The standard InChI is InChI=1S/C15H23N5O2/c1-13-9-15(22-17-13)12-19-7-5-18(6-8-19)10-14(21)11-20-4-2-3-16-20/h2-4,9,14,21H,5-8,10-12H2,1H3/t14-/m0/s1.